The van der Waals surface area contributed by atoms with E-state index in [2.05, 4.69) is 15.4 Å². The van der Waals surface area contributed by atoms with E-state index in [1.54, 1.807) is 0 Å². The highest BCUT2D eigenvalue weighted by Gasteiger charge is 2.50. The molecule has 0 spiro atoms. The molecule has 1 atom stereocenters. The van der Waals surface area contributed by atoms with Crippen molar-refractivity contribution in [3.05, 3.63) is 56.7 Å². The van der Waals surface area contributed by atoms with E-state index in [0.29, 0.717) is 25.3 Å². The zero-order valence-electron chi connectivity index (χ0n) is 16.6. The summed E-state index contributed by atoms with van der Waals surface area (Å²) in [5.41, 5.74) is -3.03. The minimum Gasteiger partial charge on any atom is -0.379 e. The number of amides is 1. The lowest BCUT2D eigenvalue weighted by Crippen LogP contribution is -2.51. The fourth-order valence-corrected chi connectivity index (χ4v) is 3.42. The third kappa shape index (κ3) is 3.97. The predicted octanol–water partition coefficient (Wildman–Crippen LogP) is 3.40. The number of hydrogen-bond donors (Lipinski definition) is 3. The van der Waals surface area contributed by atoms with Crippen molar-refractivity contribution in [2.45, 2.75) is 37.5 Å². The summed E-state index contributed by atoms with van der Waals surface area (Å²) < 4.78 is 53.6. The van der Waals surface area contributed by atoms with Crippen LogP contribution in [0.2, 0.25) is 5.02 Å². The summed E-state index contributed by atoms with van der Waals surface area (Å²) in [5, 5.41) is 15.8. The topological polar surface area (TPSA) is 99.5 Å². The molecule has 1 aliphatic carbocycles. The lowest BCUT2D eigenvalue weighted by molar-refractivity contribution is -0.249. The summed E-state index contributed by atoms with van der Waals surface area (Å²) in [6.45, 7) is -0.514. The standard InChI is InChI=1S/C20H17ClF4N4O3/c1-19(32,20(23,24)25)8-26-17(30)11-7-29-15(14(11)9-2-3-9)18(31)27-16(28-29)10-4-5-12(21)13(22)6-10/h4-7,9,32H,2-3,8H2,1H3,(H,26,30)(H,27,28,31). The highest BCUT2D eigenvalue weighted by Crippen LogP contribution is 2.43. The average Bonchev–Trinajstić information content (AvgIpc) is 3.47. The van der Waals surface area contributed by atoms with Crippen molar-refractivity contribution in [2.24, 2.45) is 0 Å². The average molecular weight is 473 g/mol. The number of aromatic nitrogens is 3. The maximum atomic E-state index is 13.8. The summed E-state index contributed by atoms with van der Waals surface area (Å²) in [6.07, 6.45) is -2.30. The van der Waals surface area contributed by atoms with Gasteiger partial charge in [0, 0.05) is 17.3 Å². The first-order valence-corrected chi connectivity index (χ1v) is 9.95. The van der Waals surface area contributed by atoms with Gasteiger partial charge in [-0.1, -0.05) is 11.6 Å². The SMILES string of the molecule is CC(O)(CNC(=O)c1cn2nc(-c3ccc(Cl)c(F)c3)[nH]c(=O)c2c1C1CC1)C(F)(F)F. The highest BCUT2D eigenvalue weighted by atomic mass is 35.5. The monoisotopic (exact) mass is 472 g/mol. The van der Waals surface area contributed by atoms with Crippen molar-refractivity contribution in [3.63, 3.8) is 0 Å². The zero-order valence-corrected chi connectivity index (χ0v) is 17.3. The molecule has 12 heteroatoms. The molecule has 1 saturated carbocycles. The number of nitrogens with zero attached hydrogens (tertiary/aromatic N) is 2. The van der Waals surface area contributed by atoms with Gasteiger partial charge in [-0.25, -0.2) is 8.91 Å². The Balaban J connectivity index is 1.74. The Labute approximate surface area is 183 Å². The lowest BCUT2D eigenvalue weighted by Gasteiger charge is -2.26. The molecule has 2 heterocycles. The fourth-order valence-electron chi connectivity index (χ4n) is 3.30. The number of H-pyrrole nitrogens is 1. The molecule has 1 aliphatic rings. The van der Waals surface area contributed by atoms with Crippen LogP contribution in [0.5, 0.6) is 0 Å². The third-order valence-electron chi connectivity index (χ3n) is 5.31. The van der Waals surface area contributed by atoms with Gasteiger partial charge in [0.05, 0.1) is 17.1 Å². The van der Waals surface area contributed by atoms with E-state index in [9.17, 15) is 32.3 Å². The van der Waals surface area contributed by atoms with E-state index in [-0.39, 0.29) is 33.4 Å². The summed E-state index contributed by atoms with van der Waals surface area (Å²) in [7, 11) is 0. The largest absolute Gasteiger partial charge is 0.418 e. The number of benzene rings is 1. The first-order valence-electron chi connectivity index (χ1n) is 9.57. The van der Waals surface area contributed by atoms with Crippen LogP contribution in [0, 0.1) is 5.82 Å². The molecular formula is C20H17ClF4N4O3. The zero-order chi connectivity index (χ0) is 23.4. The summed E-state index contributed by atoms with van der Waals surface area (Å²) >= 11 is 5.68. The number of carbonyl (C=O) groups is 1. The van der Waals surface area contributed by atoms with E-state index >= 15 is 0 Å². The van der Waals surface area contributed by atoms with Crippen molar-refractivity contribution >= 4 is 23.0 Å². The first-order chi connectivity index (χ1) is 14.9. The van der Waals surface area contributed by atoms with Crippen molar-refractivity contribution < 1.29 is 27.5 Å². The Morgan fingerprint density at radius 1 is 1.38 bits per heavy atom. The van der Waals surface area contributed by atoms with Gasteiger partial charge in [-0.3, -0.25) is 9.59 Å². The first kappa shape index (κ1) is 22.3. The van der Waals surface area contributed by atoms with Gasteiger partial charge >= 0.3 is 6.18 Å². The van der Waals surface area contributed by atoms with Crippen LogP contribution < -0.4 is 10.9 Å². The summed E-state index contributed by atoms with van der Waals surface area (Å²) in [4.78, 5) is 28.0. The van der Waals surface area contributed by atoms with Gasteiger partial charge in [-0.15, -0.1) is 5.10 Å². The van der Waals surface area contributed by atoms with Gasteiger partial charge in [-0.05, 0) is 43.9 Å². The van der Waals surface area contributed by atoms with Gasteiger partial charge in [-0.2, -0.15) is 13.2 Å². The lowest BCUT2D eigenvalue weighted by atomic mass is 10.0. The Kier molecular flexibility index (Phi) is 5.29. The molecule has 7 nitrogen and oxygen atoms in total. The summed E-state index contributed by atoms with van der Waals surface area (Å²) in [5.74, 6) is -1.69. The number of halogens is 5. The molecule has 3 N–H and O–H groups in total. The van der Waals surface area contributed by atoms with Crippen LogP contribution in [0.1, 0.15) is 41.6 Å². The van der Waals surface area contributed by atoms with Gasteiger partial charge in [0.25, 0.3) is 11.5 Å². The van der Waals surface area contributed by atoms with Crippen LogP contribution in [0.4, 0.5) is 17.6 Å². The minimum absolute atomic E-state index is 0.0112. The second kappa shape index (κ2) is 7.59. The predicted molar refractivity (Wildman–Crippen MR) is 107 cm³/mol. The van der Waals surface area contributed by atoms with Gasteiger partial charge in [0.2, 0.25) is 0 Å². The normalized spacial score (nSPS) is 16.2. The minimum atomic E-state index is -4.94. The Hall–Kier alpha value is -2.92. The number of carbonyl (C=O) groups excluding carboxylic acids is 1. The van der Waals surface area contributed by atoms with Gasteiger partial charge < -0.3 is 15.4 Å². The molecule has 0 radical (unpaired) electrons. The van der Waals surface area contributed by atoms with Crippen LogP contribution in [-0.4, -0.2) is 43.9 Å². The Morgan fingerprint density at radius 3 is 2.66 bits per heavy atom. The van der Waals surface area contributed by atoms with E-state index in [1.165, 1.54) is 18.3 Å². The molecule has 0 bridgehead atoms. The molecule has 4 rings (SSSR count). The molecular weight excluding hydrogens is 456 g/mol. The van der Waals surface area contributed by atoms with Crippen molar-refractivity contribution in [1.82, 2.24) is 19.9 Å². The molecule has 1 fully saturated rings. The highest BCUT2D eigenvalue weighted by molar-refractivity contribution is 6.30. The molecule has 1 aromatic carbocycles. The van der Waals surface area contributed by atoms with Gasteiger partial charge in [0.1, 0.15) is 11.3 Å². The molecule has 2 aromatic heterocycles. The van der Waals surface area contributed by atoms with Crippen molar-refractivity contribution in [2.75, 3.05) is 6.54 Å². The maximum Gasteiger partial charge on any atom is 0.418 e. The molecule has 0 saturated heterocycles. The molecule has 1 unspecified atom stereocenters. The van der Waals surface area contributed by atoms with Crippen LogP contribution in [0.3, 0.4) is 0 Å². The second-order valence-corrected chi connectivity index (χ2v) is 8.32. The van der Waals surface area contributed by atoms with Crippen LogP contribution in [-0.2, 0) is 0 Å². The number of rotatable bonds is 5. The van der Waals surface area contributed by atoms with E-state index in [1.807, 2.05) is 0 Å². The van der Waals surface area contributed by atoms with E-state index in [0.717, 1.165) is 10.6 Å². The van der Waals surface area contributed by atoms with E-state index in [4.69, 9.17) is 11.6 Å². The van der Waals surface area contributed by atoms with Crippen molar-refractivity contribution in [1.29, 1.82) is 0 Å². The number of alkyl halides is 3. The van der Waals surface area contributed by atoms with Crippen molar-refractivity contribution in [3.8, 4) is 11.4 Å². The molecule has 170 valence electrons. The van der Waals surface area contributed by atoms with Crippen LogP contribution in [0.15, 0.2) is 29.2 Å². The quantitative estimate of drug-likeness (QED) is 0.496. The maximum absolute atomic E-state index is 13.8. The second-order valence-electron chi connectivity index (χ2n) is 7.91. The molecule has 3 aromatic rings. The smallest absolute Gasteiger partial charge is 0.379 e. The summed E-state index contributed by atoms with van der Waals surface area (Å²) in [6, 6.07) is 3.84. The number of nitrogens with one attached hydrogen (secondary N) is 2. The van der Waals surface area contributed by atoms with E-state index < -0.39 is 35.6 Å². The Bertz CT molecular complexity index is 1280. The van der Waals surface area contributed by atoms with Gasteiger partial charge in [0.15, 0.2) is 11.4 Å². The van der Waals surface area contributed by atoms with Crippen LogP contribution in [0.25, 0.3) is 16.9 Å². The van der Waals surface area contributed by atoms with Crippen LogP contribution >= 0.6 is 11.6 Å². The third-order valence-corrected chi connectivity index (χ3v) is 5.61. The molecule has 32 heavy (non-hydrogen) atoms. The molecule has 0 aliphatic heterocycles. The number of aliphatic hydroxyl groups is 1. The Morgan fingerprint density at radius 2 is 2.06 bits per heavy atom. The number of fused-ring (bicyclic) bond motifs is 1. The molecule has 1 amide bonds. The number of hydrogen-bond acceptors (Lipinski definition) is 4. The number of aromatic amines is 1. The fraction of sp³-hybridized carbons (Fsp3) is 0.350.